The molecule has 2 aromatic rings. The fourth-order valence-electron chi connectivity index (χ4n) is 1.75. The predicted molar refractivity (Wildman–Crippen MR) is 75.0 cm³/mol. The van der Waals surface area contributed by atoms with E-state index in [-0.39, 0.29) is 11.6 Å². The van der Waals surface area contributed by atoms with Crippen LogP contribution < -0.4 is 10.6 Å². The highest BCUT2D eigenvalue weighted by Crippen LogP contribution is 2.32. The Balaban J connectivity index is 2.19. The smallest absolute Gasteiger partial charge is 0.370 e. The molecule has 2 N–H and O–H groups in total. The molecule has 0 bridgehead atoms. The average Bonchev–Trinajstić information content (AvgIpc) is 2.45. The van der Waals surface area contributed by atoms with Gasteiger partial charge in [-0.3, -0.25) is 4.98 Å². The summed E-state index contributed by atoms with van der Waals surface area (Å²) in [5.74, 6) is 0.377. The van der Waals surface area contributed by atoms with E-state index in [2.05, 4.69) is 20.6 Å². The van der Waals surface area contributed by atoms with Gasteiger partial charge in [-0.2, -0.15) is 13.2 Å². The van der Waals surface area contributed by atoms with E-state index in [0.29, 0.717) is 13.1 Å². The first-order chi connectivity index (χ1) is 9.99. The molecule has 112 valence electrons. The molecule has 7 heteroatoms. The maximum atomic E-state index is 12.9. The molecule has 0 aliphatic rings. The summed E-state index contributed by atoms with van der Waals surface area (Å²) in [6, 6.07) is 5.57. The number of pyridine rings is 2. The summed E-state index contributed by atoms with van der Waals surface area (Å²) in [6.45, 7) is 2.67. The van der Waals surface area contributed by atoms with Gasteiger partial charge < -0.3 is 10.6 Å². The van der Waals surface area contributed by atoms with Crippen LogP contribution in [0.25, 0.3) is 0 Å². The highest BCUT2D eigenvalue weighted by Gasteiger charge is 2.31. The molecule has 2 rings (SSSR count). The van der Waals surface area contributed by atoms with Gasteiger partial charge in [0.1, 0.15) is 11.6 Å². The number of rotatable bonds is 5. The summed E-state index contributed by atoms with van der Waals surface area (Å²) in [7, 11) is 0. The van der Waals surface area contributed by atoms with Crippen molar-refractivity contribution in [2.24, 2.45) is 0 Å². The molecular weight excluding hydrogens is 281 g/mol. The first-order valence-electron chi connectivity index (χ1n) is 6.45. The summed E-state index contributed by atoms with van der Waals surface area (Å²) in [4.78, 5) is 8.00. The molecule has 0 fully saturated rings. The number of hydrogen-bond acceptors (Lipinski definition) is 4. The number of halogens is 3. The molecule has 0 atom stereocenters. The van der Waals surface area contributed by atoms with Crippen LogP contribution in [0.15, 0.2) is 36.7 Å². The van der Waals surface area contributed by atoms with Crippen molar-refractivity contribution in [3.8, 4) is 0 Å². The molecule has 21 heavy (non-hydrogen) atoms. The first kappa shape index (κ1) is 15.1. The third-order valence-electron chi connectivity index (χ3n) is 2.73. The number of nitrogens with one attached hydrogen (secondary N) is 2. The molecule has 0 spiro atoms. The second kappa shape index (κ2) is 6.43. The molecule has 0 saturated heterocycles. The average molecular weight is 296 g/mol. The third kappa shape index (κ3) is 4.34. The molecule has 2 aromatic heterocycles. The largest absolute Gasteiger partial charge is 0.416 e. The SMILES string of the molecule is CCNc1cc(C(F)(F)F)cc(NCc2ccncc2)n1. The van der Waals surface area contributed by atoms with Crippen LogP contribution in [0, 0.1) is 0 Å². The molecule has 0 aromatic carbocycles. The standard InChI is InChI=1S/C14H15F3N4/c1-2-19-12-7-11(14(15,16)17)8-13(21-12)20-9-10-3-5-18-6-4-10/h3-8H,2,9H2,1H3,(H2,19,20,21). The quantitative estimate of drug-likeness (QED) is 0.886. The minimum atomic E-state index is -4.40. The Bertz CT molecular complexity index is 585. The molecule has 0 radical (unpaired) electrons. The zero-order valence-electron chi connectivity index (χ0n) is 11.4. The van der Waals surface area contributed by atoms with Gasteiger partial charge in [0.25, 0.3) is 0 Å². The Hall–Kier alpha value is -2.31. The maximum Gasteiger partial charge on any atom is 0.416 e. The minimum Gasteiger partial charge on any atom is -0.370 e. The predicted octanol–water partition coefficient (Wildman–Crippen LogP) is 3.54. The van der Waals surface area contributed by atoms with Crippen molar-refractivity contribution in [2.45, 2.75) is 19.6 Å². The van der Waals surface area contributed by atoms with Crippen LogP contribution in [0.5, 0.6) is 0 Å². The number of nitrogens with zero attached hydrogens (tertiary/aromatic N) is 2. The van der Waals surface area contributed by atoms with Crippen molar-refractivity contribution in [1.29, 1.82) is 0 Å². The van der Waals surface area contributed by atoms with Gasteiger partial charge in [-0.15, -0.1) is 0 Å². The van der Waals surface area contributed by atoms with Crippen molar-refractivity contribution in [3.05, 3.63) is 47.8 Å². The van der Waals surface area contributed by atoms with Crippen molar-refractivity contribution in [3.63, 3.8) is 0 Å². The summed E-state index contributed by atoms with van der Waals surface area (Å²) >= 11 is 0. The Morgan fingerprint density at radius 1 is 1.05 bits per heavy atom. The van der Waals surface area contributed by atoms with Crippen LogP contribution >= 0.6 is 0 Å². The van der Waals surface area contributed by atoms with E-state index in [0.717, 1.165) is 17.7 Å². The van der Waals surface area contributed by atoms with Crippen LogP contribution in [-0.4, -0.2) is 16.5 Å². The molecule has 0 aliphatic carbocycles. The third-order valence-corrected chi connectivity index (χ3v) is 2.73. The van der Waals surface area contributed by atoms with Crippen molar-refractivity contribution < 1.29 is 13.2 Å². The number of aromatic nitrogens is 2. The lowest BCUT2D eigenvalue weighted by atomic mass is 10.2. The molecule has 0 amide bonds. The number of hydrogen-bond donors (Lipinski definition) is 2. The van der Waals surface area contributed by atoms with Gasteiger partial charge in [0.05, 0.1) is 5.56 Å². The Morgan fingerprint density at radius 2 is 1.67 bits per heavy atom. The number of anilines is 2. The highest BCUT2D eigenvalue weighted by atomic mass is 19.4. The fraction of sp³-hybridized carbons (Fsp3) is 0.286. The van der Waals surface area contributed by atoms with E-state index in [1.807, 2.05) is 0 Å². The van der Waals surface area contributed by atoms with E-state index >= 15 is 0 Å². The van der Waals surface area contributed by atoms with E-state index < -0.39 is 11.7 Å². The summed E-state index contributed by atoms with van der Waals surface area (Å²) in [5, 5.41) is 5.69. The van der Waals surface area contributed by atoms with Gasteiger partial charge in [0.15, 0.2) is 0 Å². The van der Waals surface area contributed by atoms with Crippen LogP contribution in [-0.2, 0) is 12.7 Å². The zero-order valence-corrected chi connectivity index (χ0v) is 11.4. The van der Waals surface area contributed by atoms with Crippen molar-refractivity contribution >= 4 is 11.6 Å². The molecule has 0 aliphatic heterocycles. The lowest BCUT2D eigenvalue weighted by molar-refractivity contribution is -0.137. The van der Waals surface area contributed by atoms with E-state index in [4.69, 9.17) is 0 Å². The molecule has 0 saturated carbocycles. The van der Waals surface area contributed by atoms with E-state index in [9.17, 15) is 13.2 Å². The second-order valence-corrected chi connectivity index (χ2v) is 4.36. The fourth-order valence-corrected chi connectivity index (χ4v) is 1.75. The highest BCUT2D eigenvalue weighted by molar-refractivity contribution is 5.50. The Morgan fingerprint density at radius 3 is 2.24 bits per heavy atom. The summed E-state index contributed by atoms with van der Waals surface area (Å²) < 4.78 is 38.6. The number of alkyl halides is 3. The van der Waals surface area contributed by atoms with Crippen LogP contribution in [0.2, 0.25) is 0 Å². The molecular formula is C14H15F3N4. The van der Waals surface area contributed by atoms with Crippen LogP contribution in [0.4, 0.5) is 24.8 Å². The normalized spacial score (nSPS) is 11.2. The molecule has 0 unspecified atom stereocenters. The second-order valence-electron chi connectivity index (χ2n) is 4.36. The van der Waals surface area contributed by atoms with Gasteiger partial charge in [-0.1, -0.05) is 0 Å². The molecule has 4 nitrogen and oxygen atoms in total. The summed E-state index contributed by atoms with van der Waals surface area (Å²) in [5.41, 5.74) is 0.180. The van der Waals surface area contributed by atoms with Gasteiger partial charge >= 0.3 is 6.18 Å². The van der Waals surface area contributed by atoms with E-state index in [1.165, 1.54) is 0 Å². The lowest BCUT2D eigenvalue weighted by Crippen LogP contribution is -2.11. The summed E-state index contributed by atoms with van der Waals surface area (Å²) in [6.07, 6.45) is -1.15. The molecule has 2 heterocycles. The lowest BCUT2D eigenvalue weighted by Gasteiger charge is -2.13. The van der Waals surface area contributed by atoms with Gasteiger partial charge in [0.2, 0.25) is 0 Å². The minimum absolute atomic E-state index is 0.178. The monoisotopic (exact) mass is 296 g/mol. The Labute approximate surface area is 120 Å². The van der Waals surface area contributed by atoms with Crippen molar-refractivity contribution in [2.75, 3.05) is 17.2 Å². The van der Waals surface area contributed by atoms with E-state index in [1.54, 1.807) is 31.5 Å². The zero-order chi connectivity index (χ0) is 15.3. The van der Waals surface area contributed by atoms with Gasteiger partial charge in [-0.05, 0) is 36.8 Å². The first-order valence-corrected chi connectivity index (χ1v) is 6.45. The topological polar surface area (TPSA) is 49.8 Å². The maximum absolute atomic E-state index is 12.9. The van der Waals surface area contributed by atoms with Crippen LogP contribution in [0.1, 0.15) is 18.1 Å². The van der Waals surface area contributed by atoms with Crippen molar-refractivity contribution in [1.82, 2.24) is 9.97 Å². The Kier molecular flexibility index (Phi) is 4.62. The van der Waals surface area contributed by atoms with Crippen LogP contribution in [0.3, 0.4) is 0 Å². The van der Waals surface area contributed by atoms with Gasteiger partial charge in [-0.25, -0.2) is 4.98 Å². The van der Waals surface area contributed by atoms with Gasteiger partial charge in [0, 0.05) is 25.5 Å².